The minimum absolute atomic E-state index is 0.0489. The van der Waals surface area contributed by atoms with Crippen molar-refractivity contribution in [1.82, 2.24) is 15.5 Å². The van der Waals surface area contributed by atoms with Gasteiger partial charge in [0.2, 0.25) is 17.6 Å². The zero-order valence-corrected chi connectivity index (χ0v) is 17.4. The number of benzene rings is 2. The van der Waals surface area contributed by atoms with E-state index < -0.39 is 6.04 Å². The number of ether oxygens (including phenoxy) is 1. The number of carbonyl (C=O) groups is 1. The van der Waals surface area contributed by atoms with Gasteiger partial charge in [0.15, 0.2) is 0 Å². The van der Waals surface area contributed by atoms with Crippen LogP contribution in [0.5, 0.6) is 0 Å². The van der Waals surface area contributed by atoms with Crippen LogP contribution < -0.4 is 5.32 Å². The van der Waals surface area contributed by atoms with Gasteiger partial charge in [-0.25, -0.2) is 0 Å². The third-order valence-corrected chi connectivity index (χ3v) is 4.87. The summed E-state index contributed by atoms with van der Waals surface area (Å²) < 4.78 is 10.9. The number of nitrogens with one attached hydrogen (secondary N) is 1. The van der Waals surface area contributed by atoms with Crippen molar-refractivity contribution < 1.29 is 14.1 Å². The van der Waals surface area contributed by atoms with E-state index in [1.54, 1.807) is 6.07 Å². The van der Waals surface area contributed by atoms with Gasteiger partial charge in [-0.3, -0.25) is 4.79 Å². The van der Waals surface area contributed by atoms with Gasteiger partial charge >= 0.3 is 0 Å². The Kier molecular flexibility index (Phi) is 7.01. The van der Waals surface area contributed by atoms with E-state index in [1.807, 2.05) is 63.2 Å². The molecule has 3 rings (SSSR count). The Morgan fingerprint density at radius 2 is 1.97 bits per heavy atom. The lowest BCUT2D eigenvalue weighted by Crippen LogP contribution is -2.34. The fourth-order valence-electron chi connectivity index (χ4n) is 2.78. The van der Waals surface area contributed by atoms with Gasteiger partial charge in [0.05, 0.1) is 6.61 Å². The van der Waals surface area contributed by atoms with Crippen LogP contribution in [0.4, 0.5) is 0 Å². The maximum absolute atomic E-state index is 12.3. The Morgan fingerprint density at radius 3 is 2.66 bits per heavy atom. The highest BCUT2D eigenvalue weighted by Gasteiger charge is 2.25. The molecule has 1 aromatic heterocycles. The normalized spacial score (nSPS) is 12.2. The molecule has 3 aromatic rings. The molecule has 1 heterocycles. The topological polar surface area (TPSA) is 77.2 Å². The summed E-state index contributed by atoms with van der Waals surface area (Å²) >= 11 is 6.19. The number of aromatic nitrogens is 2. The van der Waals surface area contributed by atoms with Gasteiger partial charge in [-0.05, 0) is 30.0 Å². The predicted molar refractivity (Wildman–Crippen MR) is 111 cm³/mol. The molecule has 1 N–H and O–H groups in total. The lowest BCUT2D eigenvalue weighted by Gasteiger charge is -2.18. The number of amides is 1. The fraction of sp³-hybridized carbons (Fsp3) is 0.318. The van der Waals surface area contributed by atoms with E-state index in [0.717, 1.165) is 16.7 Å². The molecular weight excluding hydrogens is 390 g/mol. The highest BCUT2D eigenvalue weighted by atomic mass is 35.5. The molecule has 1 amide bonds. The van der Waals surface area contributed by atoms with Gasteiger partial charge in [-0.1, -0.05) is 73.1 Å². The molecule has 0 aliphatic heterocycles. The molecule has 1 atom stereocenters. The highest BCUT2D eigenvalue weighted by molar-refractivity contribution is 6.31. The second-order valence-corrected chi connectivity index (χ2v) is 7.59. The molecule has 6 nitrogen and oxygen atoms in total. The first-order chi connectivity index (χ1) is 13.9. The Bertz CT molecular complexity index is 957. The van der Waals surface area contributed by atoms with Gasteiger partial charge in [0.1, 0.15) is 12.6 Å². The van der Waals surface area contributed by atoms with E-state index in [4.69, 9.17) is 20.9 Å². The lowest BCUT2D eigenvalue weighted by atomic mass is 10.0. The van der Waals surface area contributed by atoms with Crippen molar-refractivity contribution in [2.45, 2.75) is 33.4 Å². The standard InChI is InChI=1S/C22H24ClN3O3/c1-14(2)20(24-19(27)13-28-12-16-7-5-4-6-8-16)22-25-21(26-29-22)17-10-9-15(3)18(23)11-17/h4-11,14,20H,12-13H2,1-3H3,(H,24,27). The maximum atomic E-state index is 12.3. The second-order valence-electron chi connectivity index (χ2n) is 7.19. The van der Waals surface area contributed by atoms with E-state index in [9.17, 15) is 4.79 Å². The van der Waals surface area contributed by atoms with Crippen LogP contribution in [0.3, 0.4) is 0 Å². The highest BCUT2D eigenvalue weighted by Crippen LogP contribution is 2.26. The third kappa shape index (κ3) is 5.65. The molecule has 0 saturated heterocycles. The first-order valence-electron chi connectivity index (χ1n) is 9.45. The first-order valence-corrected chi connectivity index (χ1v) is 9.83. The molecule has 152 valence electrons. The molecule has 0 spiro atoms. The summed E-state index contributed by atoms with van der Waals surface area (Å²) in [6.45, 7) is 6.20. The molecule has 0 bridgehead atoms. The van der Waals surface area contributed by atoms with E-state index in [0.29, 0.717) is 23.3 Å². The van der Waals surface area contributed by atoms with Crippen LogP contribution in [0.2, 0.25) is 5.02 Å². The van der Waals surface area contributed by atoms with Crippen LogP contribution in [-0.4, -0.2) is 22.7 Å². The Morgan fingerprint density at radius 1 is 1.21 bits per heavy atom. The molecule has 0 radical (unpaired) electrons. The lowest BCUT2D eigenvalue weighted by molar-refractivity contribution is -0.127. The molecular formula is C22H24ClN3O3. The van der Waals surface area contributed by atoms with E-state index in [2.05, 4.69) is 15.5 Å². The molecule has 1 unspecified atom stereocenters. The smallest absolute Gasteiger partial charge is 0.249 e. The predicted octanol–water partition coefficient (Wildman–Crippen LogP) is 4.73. The summed E-state index contributed by atoms with van der Waals surface area (Å²) in [6, 6.07) is 14.9. The number of aryl methyl sites for hydroxylation is 1. The number of hydrogen-bond acceptors (Lipinski definition) is 5. The minimum atomic E-state index is -0.412. The van der Waals surface area contributed by atoms with Crippen molar-refractivity contribution in [1.29, 1.82) is 0 Å². The fourth-order valence-corrected chi connectivity index (χ4v) is 2.96. The maximum Gasteiger partial charge on any atom is 0.249 e. The summed E-state index contributed by atoms with van der Waals surface area (Å²) in [5.74, 6) is 0.603. The Hall–Kier alpha value is -2.70. The minimum Gasteiger partial charge on any atom is -0.367 e. The Balaban J connectivity index is 1.63. The second kappa shape index (κ2) is 9.67. The molecule has 7 heteroatoms. The van der Waals surface area contributed by atoms with Crippen LogP contribution in [0.15, 0.2) is 53.1 Å². The average molecular weight is 414 g/mol. The molecule has 0 fully saturated rings. The van der Waals surface area contributed by atoms with Crippen molar-refractivity contribution in [2.75, 3.05) is 6.61 Å². The zero-order valence-electron chi connectivity index (χ0n) is 16.7. The largest absolute Gasteiger partial charge is 0.367 e. The molecule has 2 aromatic carbocycles. The third-order valence-electron chi connectivity index (χ3n) is 4.47. The summed E-state index contributed by atoms with van der Waals surface area (Å²) in [5.41, 5.74) is 2.75. The summed E-state index contributed by atoms with van der Waals surface area (Å²) in [6.07, 6.45) is 0. The van der Waals surface area contributed by atoms with Crippen LogP contribution in [0.1, 0.15) is 36.9 Å². The van der Waals surface area contributed by atoms with Gasteiger partial charge in [0, 0.05) is 10.6 Å². The molecule has 0 aliphatic carbocycles. The quantitative estimate of drug-likeness (QED) is 0.577. The van der Waals surface area contributed by atoms with Gasteiger partial charge in [-0.15, -0.1) is 0 Å². The van der Waals surface area contributed by atoms with Crippen molar-refractivity contribution >= 4 is 17.5 Å². The van der Waals surface area contributed by atoms with E-state index in [-0.39, 0.29) is 18.4 Å². The average Bonchev–Trinajstić information content (AvgIpc) is 3.18. The number of hydrogen-bond donors (Lipinski definition) is 1. The van der Waals surface area contributed by atoms with Gasteiger partial charge < -0.3 is 14.6 Å². The Labute approximate surface area is 175 Å². The number of nitrogens with zero attached hydrogens (tertiary/aromatic N) is 2. The summed E-state index contributed by atoms with van der Waals surface area (Å²) in [5, 5.41) is 7.60. The number of carbonyl (C=O) groups excluding carboxylic acids is 1. The van der Waals surface area contributed by atoms with Gasteiger partial charge in [0.25, 0.3) is 0 Å². The van der Waals surface area contributed by atoms with Crippen molar-refractivity contribution in [3.8, 4) is 11.4 Å². The summed E-state index contributed by atoms with van der Waals surface area (Å²) in [7, 11) is 0. The van der Waals surface area contributed by atoms with Crippen LogP contribution in [0.25, 0.3) is 11.4 Å². The van der Waals surface area contributed by atoms with Crippen LogP contribution >= 0.6 is 11.6 Å². The molecule has 0 saturated carbocycles. The zero-order chi connectivity index (χ0) is 20.8. The van der Waals surface area contributed by atoms with Crippen molar-refractivity contribution in [3.63, 3.8) is 0 Å². The number of rotatable bonds is 8. The monoisotopic (exact) mass is 413 g/mol. The molecule has 0 aliphatic rings. The van der Waals surface area contributed by atoms with Crippen molar-refractivity contribution in [2.24, 2.45) is 5.92 Å². The van der Waals surface area contributed by atoms with Crippen molar-refractivity contribution in [3.05, 3.63) is 70.6 Å². The van der Waals surface area contributed by atoms with Crippen LogP contribution in [-0.2, 0) is 16.1 Å². The SMILES string of the molecule is Cc1ccc(-c2noc(C(NC(=O)COCc3ccccc3)C(C)C)n2)cc1Cl. The van der Waals surface area contributed by atoms with E-state index in [1.165, 1.54) is 0 Å². The summed E-state index contributed by atoms with van der Waals surface area (Å²) in [4.78, 5) is 16.8. The van der Waals surface area contributed by atoms with E-state index >= 15 is 0 Å². The van der Waals surface area contributed by atoms with Crippen LogP contribution in [0, 0.1) is 12.8 Å². The molecule has 29 heavy (non-hydrogen) atoms. The first kappa shape index (κ1) is 21.0. The number of halogens is 1. The van der Waals surface area contributed by atoms with Gasteiger partial charge in [-0.2, -0.15) is 4.98 Å².